The van der Waals surface area contributed by atoms with Gasteiger partial charge in [-0.3, -0.25) is 14.5 Å². The van der Waals surface area contributed by atoms with Crippen LogP contribution < -0.4 is 5.32 Å². The Morgan fingerprint density at radius 3 is 3.00 bits per heavy atom. The molecular formula is C17H13N5O2S. The summed E-state index contributed by atoms with van der Waals surface area (Å²) in [6, 6.07) is 7.36. The first-order valence-corrected chi connectivity index (χ1v) is 8.33. The van der Waals surface area contributed by atoms with Gasteiger partial charge in [0, 0.05) is 30.4 Å². The number of hydrogen-bond donors (Lipinski definition) is 1. The van der Waals surface area contributed by atoms with Crippen LogP contribution >= 0.6 is 11.3 Å². The number of aryl methyl sites for hydroxylation is 1. The van der Waals surface area contributed by atoms with E-state index < -0.39 is 0 Å². The maximum Gasteiger partial charge on any atom is 0.275 e. The number of anilines is 1. The monoisotopic (exact) mass is 351 g/mol. The normalized spacial score (nSPS) is 10.8. The number of carbonyl (C=O) groups excluding carboxylic acids is 1. The van der Waals surface area contributed by atoms with Crippen molar-refractivity contribution in [3.8, 4) is 22.0 Å². The van der Waals surface area contributed by atoms with Crippen LogP contribution in [-0.4, -0.2) is 25.7 Å². The number of hydrogen-bond acceptors (Lipinski definition) is 6. The molecule has 7 nitrogen and oxygen atoms in total. The Bertz CT molecular complexity index is 1010. The van der Waals surface area contributed by atoms with E-state index in [1.165, 1.54) is 11.3 Å². The average Bonchev–Trinajstić information content (AvgIpc) is 3.36. The third kappa shape index (κ3) is 3.07. The predicted octanol–water partition coefficient (Wildman–Crippen LogP) is 3.45. The van der Waals surface area contributed by atoms with Crippen LogP contribution in [0.1, 0.15) is 10.5 Å². The first kappa shape index (κ1) is 15.3. The largest absolute Gasteiger partial charge is 0.472 e. The Kier molecular flexibility index (Phi) is 3.87. The van der Waals surface area contributed by atoms with Gasteiger partial charge in [-0.2, -0.15) is 5.10 Å². The fourth-order valence-electron chi connectivity index (χ4n) is 2.36. The van der Waals surface area contributed by atoms with Gasteiger partial charge in [0.1, 0.15) is 22.7 Å². The van der Waals surface area contributed by atoms with E-state index >= 15 is 0 Å². The number of furan rings is 1. The van der Waals surface area contributed by atoms with Crippen molar-refractivity contribution in [1.29, 1.82) is 0 Å². The number of thiazole rings is 1. The minimum absolute atomic E-state index is 0.295. The van der Waals surface area contributed by atoms with Crippen LogP contribution in [0.3, 0.4) is 0 Å². The Morgan fingerprint density at radius 1 is 1.32 bits per heavy atom. The van der Waals surface area contributed by atoms with Crippen LogP contribution in [0, 0.1) is 0 Å². The summed E-state index contributed by atoms with van der Waals surface area (Å²) in [6.45, 7) is 0. The minimum atomic E-state index is -0.295. The van der Waals surface area contributed by atoms with Gasteiger partial charge in [-0.25, -0.2) is 4.98 Å². The van der Waals surface area contributed by atoms with Gasteiger partial charge in [0.2, 0.25) is 0 Å². The van der Waals surface area contributed by atoms with Crippen molar-refractivity contribution in [3.05, 3.63) is 60.3 Å². The molecule has 0 bridgehead atoms. The standard InChI is InChI=1S/C17H13N5O2S/c1-22-8-13(15(21-22)12-4-2-3-6-18-12)19-16(23)14-10-25-17(20-14)11-5-7-24-9-11/h2-10H,1H3,(H,19,23). The molecule has 8 heteroatoms. The van der Waals surface area contributed by atoms with Gasteiger partial charge in [-0.05, 0) is 18.2 Å². The molecule has 1 amide bonds. The first-order chi connectivity index (χ1) is 12.2. The van der Waals surface area contributed by atoms with E-state index in [9.17, 15) is 4.79 Å². The molecule has 4 heterocycles. The van der Waals surface area contributed by atoms with Crippen LogP contribution in [-0.2, 0) is 7.05 Å². The van der Waals surface area contributed by atoms with E-state index in [0.717, 1.165) is 10.6 Å². The Morgan fingerprint density at radius 2 is 2.24 bits per heavy atom. The van der Waals surface area contributed by atoms with Crippen LogP contribution in [0.15, 0.2) is 59.0 Å². The first-order valence-electron chi connectivity index (χ1n) is 7.45. The number of amides is 1. The number of nitrogens with one attached hydrogen (secondary N) is 1. The molecule has 0 saturated carbocycles. The van der Waals surface area contributed by atoms with E-state index in [1.54, 1.807) is 48.1 Å². The van der Waals surface area contributed by atoms with Crippen molar-refractivity contribution in [2.45, 2.75) is 0 Å². The van der Waals surface area contributed by atoms with Crippen molar-refractivity contribution in [1.82, 2.24) is 19.7 Å². The summed E-state index contributed by atoms with van der Waals surface area (Å²) in [7, 11) is 1.79. The SMILES string of the molecule is Cn1cc(NC(=O)c2csc(-c3ccoc3)n2)c(-c2ccccn2)n1. The highest BCUT2D eigenvalue weighted by Gasteiger charge is 2.17. The fraction of sp³-hybridized carbons (Fsp3) is 0.0588. The molecule has 4 aromatic rings. The second-order valence-electron chi connectivity index (χ2n) is 5.28. The fourth-order valence-corrected chi connectivity index (χ4v) is 3.14. The number of pyridine rings is 1. The van der Waals surface area contributed by atoms with Crippen molar-refractivity contribution in [3.63, 3.8) is 0 Å². The van der Waals surface area contributed by atoms with Gasteiger partial charge < -0.3 is 9.73 Å². The lowest BCUT2D eigenvalue weighted by atomic mass is 10.2. The molecule has 0 aromatic carbocycles. The molecule has 0 fully saturated rings. The molecule has 0 radical (unpaired) electrons. The maximum absolute atomic E-state index is 12.5. The van der Waals surface area contributed by atoms with E-state index in [0.29, 0.717) is 22.8 Å². The zero-order valence-electron chi connectivity index (χ0n) is 13.2. The molecule has 0 saturated heterocycles. The Balaban J connectivity index is 1.60. The lowest BCUT2D eigenvalue weighted by Crippen LogP contribution is -2.12. The van der Waals surface area contributed by atoms with Crippen LogP contribution in [0.2, 0.25) is 0 Å². The molecule has 1 N–H and O–H groups in total. The summed E-state index contributed by atoms with van der Waals surface area (Å²) in [4.78, 5) is 21.2. The lowest BCUT2D eigenvalue weighted by Gasteiger charge is -2.03. The van der Waals surface area contributed by atoms with E-state index in [1.807, 2.05) is 18.2 Å². The number of carbonyl (C=O) groups is 1. The van der Waals surface area contributed by atoms with Gasteiger partial charge >= 0.3 is 0 Å². The number of nitrogens with zero attached hydrogens (tertiary/aromatic N) is 4. The van der Waals surface area contributed by atoms with Gasteiger partial charge in [0.05, 0.1) is 17.6 Å². The third-order valence-corrected chi connectivity index (χ3v) is 4.38. The van der Waals surface area contributed by atoms with E-state index in [-0.39, 0.29) is 5.91 Å². The molecule has 25 heavy (non-hydrogen) atoms. The predicted molar refractivity (Wildman–Crippen MR) is 94.2 cm³/mol. The zero-order chi connectivity index (χ0) is 17.2. The van der Waals surface area contributed by atoms with Crippen molar-refractivity contribution >= 4 is 22.9 Å². The number of rotatable bonds is 4. The molecule has 4 rings (SSSR count). The molecule has 0 aliphatic rings. The highest BCUT2D eigenvalue weighted by Crippen LogP contribution is 2.27. The second-order valence-corrected chi connectivity index (χ2v) is 6.14. The molecule has 0 spiro atoms. The van der Waals surface area contributed by atoms with Crippen molar-refractivity contribution < 1.29 is 9.21 Å². The van der Waals surface area contributed by atoms with Crippen LogP contribution in [0.4, 0.5) is 5.69 Å². The molecule has 0 unspecified atom stereocenters. The lowest BCUT2D eigenvalue weighted by molar-refractivity contribution is 0.102. The van der Waals surface area contributed by atoms with Crippen molar-refractivity contribution in [2.75, 3.05) is 5.32 Å². The zero-order valence-corrected chi connectivity index (χ0v) is 14.0. The quantitative estimate of drug-likeness (QED) is 0.608. The van der Waals surface area contributed by atoms with Gasteiger partial charge in [0.25, 0.3) is 5.91 Å². The van der Waals surface area contributed by atoms with Crippen molar-refractivity contribution in [2.24, 2.45) is 7.05 Å². The third-order valence-electron chi connectivity index (χ3n) is 3.49. The van der Waals surface area contributed by atoms with Crippen LogP contribution in [0.5, 0.6) is 0 Å². The van der Waals surface area contributed by atoms with Gasteiger partial charge in [0.15, 0.2) is 0 Å². The van der Waals surface area contributed by atoms with E-state index in [4.69, 9.17) is 4.42 Å². The highest BCUT2D eigenvalue weighted by atomic mass is 32.1. The minimum Gasteiger partial charge on any atom is -0.472 e. The smallest absolute Gasteiger partial charge is 0.275 e. The topological polar surface area (TPSA) is 85.8 Å². The molecule has 0 aliphatic heterocycles. The molecule has 0 aliphatic carbocycles. The average molecular weight is 351 g/mol. The molecule has 4 aromatic heterocycles. The summed E-state index contributed by atoms with van der Waals surface area (Å²) < 4.78 is 6.69. The number of aromatic nitrogens is 4. The Hall–Kier alpha value is -3.26. The van der Waals surface area contributed by atoms with E-state index in [2.05, 4.69) is 20.4 Å². The maximum atomic E-state index is 12.5. The summed E-state index contributed by atoms with van der Waals surface area (Å²) in [5.41, 5.74) is 3.08. The summed E-state index contributed by atoms with van der Waals surface area (Å²) >= 11 is 1.39. The summed E-state index contributed by atoms with van der Waals surface area (Å²) in [6.07, 6.45) is 6.60. The molecule has 0 atom stereocenters. The van der Waals surface area contributed by atoms with Crippen LogP contribution in [0.25, 0.3) is 22.0 Å². The molecule has 124 valence electrons. The molecular weight excluding hydrogens is 338 g/mol. The Labute approximate surface area is 147 Å². The second kappa shape index (κ2) is 6.33. The summed E-state index contributed by atoms with van der Waals surface area (Å²) in [5.74, 6) is -0.295. The van der Waals surface area contributed by atoms with Gasteiger partial charge in [-0.1, -0.05) is 6.07 Å². The highest BCUT2D eigenvalue weighted by molar-refractivity contribution is 7.13. The van der Waals surface area contributed by atoms with Gasteiger partial charge in [-0.15, -0.1) is 11.3 Å². The summed E-state index contributed by atoms with van der Waals surface area (Å²) in [5, 5.41) is 9.69.